The number of para-hydroxylation sites is 2. The van der Waals surface area contributed by atoms with Gasteiger partial charge in [0.15, 0.2) is 5.76 Å². The molecule has 0 fully saturated rings. The standard InChI is InChI=1S/C12H7IN2O/c13-8-5-6-16-12(8)11-7-14-9-3-1-2-4-10(9)15-11/h1-7H. The Labute approximate surface area is 106 Å². The van der Waals surface area contributed by atoms with Gasteiger partial charge in [0, 0.05) is 0 Å². The lowest BCUT2D eigenvalue weighted by Gasteiger charge is -1.99. The van der Waals surface area contributed by atoms with Gasteiger partial charge in [-0.05, 0) is 40.8 Å². The van der Waals surface area contributed by atoms with Crippen molar-refractivity contribution < 1.29 is 4.42 Å². The number of hydrogen-bond donors (Lipinski definition) is 0. The van der Waals surface area contributed by atoms with Gasteiger partial charge in [-0.1, -0.05) is 12.1 Å². The van der Waals surface area contributed by atoms with Gasteiger partial charge >= 0.3 is 0 Å². The first-order chi connectivity index (χ1) is 7.84. The van der Waals surface area contributed by atoms with Crippen molar-refractivity contribution in [3.8, 4) is 11.5 Å². The van der Waals surface area contributed by atoms with Gasteiger partial charge in [0.05, 0.1) is 27.1 Å². The normalized spacial score (nSPS) is 10.8. The van der Waals surface area contributed by atoms with E-state index in [1.54, 1.807) is 12.5 Å². The smallest absolute Gasteiger partial charge is 0.167 e. The second-order valence-corrected chi connectivity index (χ2v) is 4.50. The molecule has 0 N–H and O–H groups in total. The second kappa shape index (κ2) is 3.86. The van der Waals surface area contributed by atoms with Crippen molar-refractivity contribution in [1.29, 1.82) is 0 Å². The fourth-order valence-electron chi connectivity index (χ4n) is 1.54. The molecule has 0 aliphatic rings. The molecule has 1 aromatic carbocycles. The summed E-state index contributed by atoms with van der Waals surface area (Å²) in [6.07, 6.45) is 3.40. The minimum Gasteiger partial charge on any atom is -0.462 e. The first kappa shape index (κ1) is 9.77. The molecule has 0 atom stereocenters. The summed E-state index contributed by atoms with van der Waals surface area (Å²) in [6.45, 7) is 0. The first-order valence-electron chi connectivity index (χ1n) is 4.80. The molecule has 3 nitrogen and oxygen atoms in total. The van der Waals surface area contributed by atoms with Crippen molar-refractivity contribution in [3.05, 3.63) is 46.4 Å². The maximum atomic E-state index is 5.39. The van der Waals surface area contributed by atoms with Crippen LogP contribution in [-0.4, -0.2) is 9.97 Å². The van der Waals surface area contributed by atoms with E-state index in [1.807, 2.05) is 30.3 Å². The summed E-state index contributed by atoms with van der Waals surface area (Å²) >= 11 is 2.22. The number of rotatable bonds is 1. The zero-order valence-corrected chi connectivity index (χ0v) is 10.4. The molecule has 0 radical (unpaired) electrons. The molecule has 0 bridgehead atoms. The molecular weight excluding hydrogens is 315 g/mol. The predicted molar refractivity (Wildman–Crippen MR) is 70.0 cm³/mol. The minimum atomic E-state index is 0.771. The van der Waals surface area contributed by atoms with Gasteiger partial charge in [0.2, 0.25) is 0 Å². The Kier molecular flexibility index (Phi) is 2.36. The van der Waals surface area contributed by atoms with Gasteiger partial charge in [-0.15, -0.1) is 0 Å². The van der Waals surface area contributed by atoms with Crippen LogP contribution in [0.25, 0.3) is 22.5 Å². The SMILES string of the molecule is Ic1ccoc1-c1cnc2ccccc2n1. The maximum Gasteiger partial charge on any atom is 0.167 e. The van der Waals surface area contributed by atoms with Crippen LogP contribution in [0, 0.1) is 3.57 Å². The lowest BCUT2D eigenvalue weighted by atomic mass is 10.3. The van der Waals surface area contributed by atoms with E-state index < -0.39 is 0 Å². The number of aromatic nitrogens is 2. The van der Waals surface area contributed by atoms with Crippen molar-refractivity contribution in [1.82, 2.24) is 9.97 Å². The Hall–Kier alpha value is -1.43. The maximum absolute atomic E-state index is 5.39. The molecule has 0 aliphatic heterocycles. The van der Waals surface area contributed by atoms with Crippen molar-refractivity contribution in [2.24, 2.45) is 0 Å². The van der Waals surface area contributed by atoms with E-state index in [0.29, 0.717) is 0 Å². The van der Waals surface area contributed by atoms with Crippen LogP contribution < -0.4 is 0 Å². The third-order valence-electron chi connectivity index (χ3n) is 2.30. The average Bonchev–Trinajstić information content (AvgIpc) is 2.75. The molecule has 2 heterocycles. The summed E-state index contributed by atoms with van der Waals surface area (Å²) in [7, 11) is 0. The molecule has 0 spiro atoms. The third-order valence-corrected chi connectivity index (χ3v) is 3.15. The Morgan fingerprint density at radius 1 is 1.06 bits per heavy atom. The number of benzene rings is 1. The molecule has 0 amide bonds. The summed E-state index contributed by atoms with van der Waals surface area (Å²) < 4.78 is 6.43. The predicted octanol–water partition coefficient (Wildman–Crippen LogP) is 3.49. The van der Waals surface area contributed by atoms with E-state index in [9.17, 15) is 0 Å². The van der Waals surface area contributed by atoms with Crippen LogP contribution in [0.1, 0.15) is 0 Å². The van der Waals surface area contributed by atoms with E-state index in [1.165, 1.54) is 0 Å². The van der Waals surface area contributed by atoms with E-state index in [4.69, 9.17) is 4.42 Å². The van der Waals surface area contributed by atoms with E-state index in [0.717, 1.165) is 26.1 Å². The van der Waals surface area contributed by atoms with Gasteiger partial charge < -0.3 is 4.42 Å². The van der Waals surface area contributed by atoms with Crippen molar-refractivity contribution >= 4 is 33.6 Å². The lowest BCUT2D eigenvalue weighted by molar-refractivity contribution is 0.578. The molecule has 0 saturated carbocycles. The molecule has 3 rings (SSSR count). The highest BCUT2D eigenvalue weighted by atomic mass is 127. The van der Waals surface area contributed by atoms with Crippen LogP contribution in [0.15, 0.2) is 47.2 Å². The third kappa shape index (κ3) is 1.59. The second-order valence-electron chi connectivity index (χ2n) is 3.34. The fourth-order valence-corrected chi connectivity index (χ4v) is 2.09. The van der Waals surface area contributed by atoms with Crippen molar-refractivity contribution in [3.63, 3.8) is 0 Å². The van der Waals surface area contributed by atoms with Crippen LogP contribution in [-0.2, 0) is 0 Å². The summed E-state index contributed by atoms with van der Waals surface area (Å²) in [4.78, 5) is 8.87. The summed E-state index contributed by atoms with van der Waals surface area (Å²) in [5, 5.41) is 0. The minimum absolute atomic E-state index is 0.771. The summed E-state index contributed by atoms with van der Waals surface area (Å²) in [5.74, 6) is 0.777. The van der Waals surface area contributed by atoms with E-state index in [2.05, 4.69) is 32.6 Å². The molecule has 4 heteroatoms. The largest absolute Gasteiger partial charge is 0.462 e. The molecule has 78 valence electrons. The highest BCUT2D eigenvalue weighted by Gasteiger charge is 2.09. The highest BCUT2D eigenvalue weighted by Crippen LogP contribution is 2.25. The van der Waals surface area contributed by atoms with Crippen molar-refractivity contribution in [2.45, 2.75) is 0 Å². The van der Waals surface area contributed by atoms with Crippen molar-refractivity contribution in [2.75, 3.05) is 0 Å². The monoisotopic (exact) mass is 322 g/mol. The zero-order chi connectivity index (χ0) is 11.0. The van der Waals surface area contributed by atoms with Crippen LogP contribution in [0.3, 0.4) is 0 Å². The van der Waals surface area contributed by atoms with Gasteiger partial charge in [-0.25, -0.2) is 4.98 Å². The van der Waals surface area contributed by atoms with Crippen LogP contribution in [0.2, 0.25) is 0 Å². The Morgan fingerprint density at radius 3 is 2.62 bits per heavy atom. The van der Waals surface area contributed by atoms with Gasteiger partial charge in [-0.2, -0.15) is 0 Å². The number of nitrogens with zero attached hydrogens (tertiary/aromatic N) is 2. The number of halogens is 1. The van der Waals surface area contributed by atoms with Crippen LogP contribution >= 0.6 is 22.6 Å². The van der Waals surface area contributed by atoms with E-state index >= 15 is 0 Å². The van der Waals surface area contributed by atoms with Crippen LogP contribution in [0.4, 0.5) is 0 Å². The van der Waals surface area contributed by atoms with Gasteiger partial charge in [0.25, 0.3) is 0 Å². The lowest BCUT2D eigenvalue weighted by Crippen LogP contribution is -1.88. The molecule has 0 aliphatic carbocycles. The molecule has 2 aromatic heterocycles. The Morgan fingerprint density at radius 2 is 1.88 bits per heavy atom. The van der Waals surface area contributed by atoms with Gasteiger partial charge in [0.1, 0.15) is 5.69 Å². The Balaban J connectivity index is 2.23. The topological polar surface area (TPSA) is 38.9 Å². The number of fused-ring (bicyclic) bond motifs is 1. The summed E-state index contributed by atoms with van der Waals surface area (Å²) in [5.41, 5.74) is 2.55. The molecule has 16 heavy (non-hydrogen) atoms. The fraction of sp³-hybridized carbons (Fsp3) is 0. The highest BCUT2D eigenvalue weighted by molar-refractivity contribution is 14.1. The van der Waals surface area contributed by atoms with Crippen LogP contribution in [0.5, 0.6) is 0 Å². The first-order valence-corrected chi connectivity index (χ1v) is 5.87. The number of hydrogen-bond acceptors (Lipinski definition) is 3. The Bertz CT molecular complexity index is 648. The van der Waals surface area contributed by atoms with Gasteiger partial charge in [-0.3, -0.25) is 4.98 Å². The summed E-state index contributed by atoms with van der Waals surface area (Å²) in [6, 6.07) is 9.70. The molecule has 3 aromatic rings. The zero-order valence-electron chi connectivity index (χ0n) is 8.22. The molecular formula is C12H7IN2O. The molecule has 0 unspecified atom stereocenters. The quantitative estimate of drug-likeness (QED) is 0.644. The average molecular weight is 322 g/mol. The van der Waals surface area contributed by atoms with E-state index in [-0.39, 0.29) is 0 Å². The molecule has 0 saturated heterocycles. The number of furan rings is 1.